The fraction of sp³-hybridized carbons (Fsp3) is 0.440. The minimum Gasteiger partial charge on any atom is -0.496 e. The minimum absolute atomic E-state index is 0.0875. The Morgan fingerprint density at radius 1 is 1.06 bits per heavy atom. The minimum atomic E-state index is -1.05. The van der Waals surface area contributed by atoms with Crippen LogP contribution in [-0.4, -0.2) is 52.7 Å². The van der Waals surface area contributed by atoms with Gasteiger partial charge in [0, 0.05) is 18.6 Å². The van der Waals surface area contributed by atoms with Crippen LogP contribution in [0.15, 0.2) is 30.3 Å². The normalized spacial score (nSPS) is 13.3. The van der Waals surface area contributed by atoms with Gasteiger partial charge in [0.1, 0.15) is 17.6 Å². The summed E-state index contributed by atoms with van der Waals surface area (Å²) < 4.78 is 18.4. The van der Waals surface area contributed by atoms with Crippen molar-refractivity contribution < 1.29 is 29.2 Å². The van der Waals surface area contributed by atoms with Gasteiger partial charge in [0.05, 0.1) is 31.5 Å². The molecule has 0 amide bonds. The van der Waals surface area contributed by atoms with E-state index in [4.69, 9.17) is 14.2 Å². The third-order valence-corrected chi connectivity index (χ3v) is 5.50. The number of pyridine rings is 1. The highest BCUT2D eigenvalue weighted by Gasteiger charge is 2.26. The number of aliphatic hydroxyl groups excluding tert-OH is 1. The van der Waals surface area contributed by atoms with Crippen molar-refractivity contribution >= 4 is 11.5 Å². The first-order valence-electron chi connectivity index (χ1n) is 10.9. The largest absolute Gasteiger partial charge is 0.496 e. The van der Waals surface area contributed by atoms with Crippen molar-refractivity contribution in [2.75, 3.05) is 20.8 Å². The molecule has 2 aromatic heterocycles. The number of fused-ring (bicyclic) bond motifs is 1. The van der Waals surface area contributed by atoms with E-state index < -0.39 is 18.2 Å². The molecule has 2 unspecified atom stereocenters. The van der Waals surface area contributed by atoms with Gasteiger partial charge in [-0.05, 0) is 61.2 Å². The number of nitrogens with zero attached hydrogens (tertiary/aromatic N) is 2. The average molecular weight is 457 g/mol. The van der Waals surface area contributed by atoms with E-state index in [1.165, 1.54) is 4.52 Å². The number of aromatic carboxylic acids is 1. The van der Waals surface area contributed by atoms with Gasteiger partial charge < -0.3 is 24.4 Å². The summed E-state index contributed by atoms with van der Waals surface area (Å²) in [7, 11) is 3.15. The summed E-state index contributed by atoms with van der Waals surface area (Å²) in [5.74, 6) is 0.439. The van der Waals surface area contributed by atoms with Crippen molar-refractivity contribution in [3.05, 3.63) is 58.4 Å². The summed E-state index contributed by atoms with van der Waals surface area (Å²) in [6.45, 7) is 8.26. The molecule has 8 heteroatoms. The number of aromatic nitrogens is 2. The molecular weight excluding hydrogens is 424 g/mol. The van der Waals surface area contributed by atoms with Gasteiger partial charge in [-0.25, -0.2) is 9.31 Å². The van der Waals surface area contributed by atoms with Crippen LogP contribution in [-0.2, 0) is 11.2 Å². The summed E-state index contributed by atoms with van der Waals surface area (Å²) >= 11 is 0. The van der Waals surface area contributed by atoms with Gasteiger partial charge in [-0.2, -0.15) is 5.10 Å². The predicted octanol–water partition coefficient (Wildman–Crippen LogP) is 3.98. The number of carbonyl (C=O) groups is 1. The van der Waals surface area contributed by atoms with Gasteiger partial charge >= 0.3 is 5.97 Å². The van der Waals surface area contributed by atoms with E-state index in [0.29, 0.717) is 41.3 Å². The Balaban J connectivity index is 1.98. The smallest absolute Gasteiger partial charge is 0.354 e. The number of aryl methyl sites for hydroxylation is 1. The first kappa shape index (κ1) is 24.5. The lowest BCUT2D eigenvalue weighted by molar-refractivity contribution is -0.0477. The number of rotatable bonds is 10. The molecule has 2 atom stereocenters. The molecule has 0 saturated carbocycles. The van der Waals surface area contributed by atoms with E-state index in [1.54, 1.807) is 32.4 Å². The molecule has 0 aliphatic rings. The zero-order valence-corrected chi connectivity index (χ0v) is 20.0. The number of benzene rings is 1. The number of carboxylic acids is 1. The topological polar surface area (TPSA) is 103 Å². The van der Waals surface area contributed by atoms with E-state index in [9.17, 15) is 15.0 Å². The summed E-state index contributed by atoms with van der Waals surface area (Å²) in [6, 6.07) is 8.85. The van der Waals surface area contributed by atoms with Crippen LogP contribution < -0.4 is 9.47 Å². The predicted molar refractivity (Wildman–Crippen MR) is 124 cm³/mol. The van der Waals surface area contributed by atoms with Crippen molar-refractivity contribution in [3.8, 4) is 11.5 Å². The molecule has 0 aliphatic heterocycles. The average Bonchev–Trinajstić information content (AvgIpc) is 3.17. The molecule has 0 radical (unpaired) electrons. The quantitative estimate of drug-likeness (QED) is 0.476. The highest BCUT2D eigenvalue weighted by atomic mass is 16.5. The lowest BCUT2D eigenvalue weighted by Gasteiger charge is -2.25. The number of carboxylic acid groups (broad SMARTS) is 1. The summed E-state index contributed by atoms with van der Waals surface area (Å²) in [5.41, 5.74) is 3.67. The monoisotopic (exact) mass is 456 g/mol. The van der Waals surface area contributed by atoms with Gasteiger partial charge in [-0.3, -0.25) is 0 Å². The second-order valence-electron chi connectivity index (χ2n) is 8.66. The van der Waals surface area contributed by atoms with E-state index in [2.05, 4.69) is 5.10 Å². The van der Waals surface area contributed by atoms with Gasteiger partial charge in [-0.15, -0.1) is 0 Å². The van der Waals surface area contributed by atoms with Gasteiger partial charge in [0.25, 0.3) is 0 Å². The molecule has 2 heterocycles. The van der Waals surface area contributed by atoms with Crippen molar-refractivity contribution in [1.82, 2.24) is 9.61 Å². The number of methoxy groups -OCH3 is 2. The highest BCUT2D eigenvalue weighted by molar-refractivity contribution is 5.87. The van der Waals surface area contributed by atoms with Crippen LogP contribution in [0.2, 0.25) is 0 Å². The van der Waals surface area contributed by atoms with Crippen LogP contribution in [0.1, 0.15) is 52.8 Å². The second-order valence-corrected chi connectivity index (χ2v) is 8.66. The van der Waals surface area contributed by atoms with Crippen LogP contribution in [0.5, 0.6) is 11.5 Å². The summed E-state index contributed by atoms with van der Waals surface area (Å²) in [6.07, 6.45) is -1.28. The van der Waals surface area contributed by atoms with Gasteiger partial charge in [0.15, 0.2) is 5.69 Å². The molecule has 0 fully saturated rings. The SMILES string of the molecule is COc1cc(C(O)C(Cc2cc3cc(C)cc(C(=O)O)n3n2)OCC(C)C)cc(OC)c1C. The van der Waals surface area contributed by atoms with E-state index in [1.807, 2.05) is 39.8 Å². The fourth-order valence-corrected chi connectivity index (χ4v) is 3.82. The molecule has 33 heavy (non-hydrogen) atoms. The van der Waals surface area contributed by atoms with Crippen LogP contribution in [0.4, 0.5) is 0 Å². The number of ether oxygens (including phenoxy) is 3. The highest BCUT2D eigenvalue weighted by Crippen LogP contribution is 2.34. The summed E-state index contributed by atoms with van der Waals surface area (Å²) in [5, 5.41) is 25.3. The maximum absolute atomic E-state index is 11.7. The number of hydrogen-bond donors (Lipinski definition) is 2. The van der Waals surface area contributed by atoms with Gasteiger partial charge in [-0.1, -0.05) is 13.8 Å². The number of hydrogen-bond acceptors (Lipinski definition) is 6. The van der Waals surface area contributed by atoms with Gasteiger partial charge in [0.2, 0.25) is 0 Å². The van der Waals surface area contributed by atoms with E-state index in [0.717, 1.165) is 11.1 Å². The summed E-state index contributed by atoms with van der Waals surface area (Å²) in [4.78, 5) is 11.7. The third kappa shape index (κ3) is 5.46. The van der Waals surface area contributed by atoms with Crippen molar-refractivity contribution in [3.63, 3.8) is 0 Å². The lowest BCUT2D eigenvalue weighted by atomic mass is 9.98. The van der Waals surface area contributed by atoms with Crippen LogP contribution in [0.25, 0.3) is 5.52 Å². The Bertz CT molecular complexity index is 1110. The molecule has 0 spiro atoms. The standard InChI is InChI=1S/C25H32N2O6/c1-14(2)13-33-23(24(28)17-9-21(31-5)16(4)22(10-17)32-6)12-18-11-19-7-15(3)8-20(25(29)30)27(19)26-18/h7-11,14,23-24,28H,12-13H2,1-6H3,(H,29,30). The molecule has 178 valence electrons. The molecule has 3 rings (SSSR count). The molecule has 0 saturated heterocycles. The van der Waals surface area contributed by atoms with Crippen molar-refractivity contribution in [2.45, 2.75) is 46.3 Å². The first-order chi connectivity index (χ1) is 15.6. The Morgan fingerprint density at radius 2 is 1.70 bits per heavy atom. The molecule has 1 aromatic carbocycles. The second kappa shape index (κ2) is 10.2. The fourth-order valence-electron chi connectivity index (χ4n) is 3.82. The Labute approximate surface area is 193 Å². The van der Waals surface area contributed by atoms with Crippen LogP contribution in [0.3, 0.4) is 0 Å². The lowest BCUT2D eigenvalue weighted by Crippen LogP contribution is -2.27. The molecule has 3 aromatic rings. The number of aliphatic hydroxyl groups is 1. The maximum atomic E-state index is 11.7. The van der Waals surface area contributed by atoms with Crippen LogP contribution >= 0.6 is 0 Å². The first-order valence-corrected chi connectivity index (χ1v) is 10.9. The Hall–Kier alpha value is -3.10. The van der Waals surface area contributed by atoms with Crippen molar-refractivity contribution in [2.24, 2.45) is 5.92 Å². The Kier molecular flexibility index (Phi) is 7.61. The van der Waals surface area contributed by atoms with Crippen LogP contribution in [0, 0.1) is 19.8 Å². The molecular formula is C25H32N2O6. The molecule has 8 nitrogen and oxygen atoms in total. The zero-order valence-electron chi connectivity index (χ0n) is 20.0. The van der Waals surface area contributed by atoms with Crippen molar-refractivity contribution in [1.29, 1.82) is 0 Å². The Morgan fingerprint density at radius 3 is 2.24 bits per heavy atom. The zero-order chi connectivity index (χ0) is 24.3. The maximum Gasteiger partial charge on any atom is 0.354 e. The molecule has 2 N–H and O–H groups in total. The molecule has 0 aliphatic carbocycles. The van der Waals surface area contributed by atoms with E-state index >= 15 is 0 Å². The third-order valence-electron chi connectivity index (χ3n) is 5.50. The molecule has 0 bridgehead atoms. The van der Waals surface area contributed by atoms with E-state index in [-0.39, 0.29) is 11.6 Å².